The van der Waals surface area contributed by atoms with E-state index in [1.54, 1.807) is 14.2 Å². The minimum Gasteiger partial charge on any atom is -0.399 e. The van der Waals surface area contributed by atoms with Crippen molar-refractivity contribution < 1.29 is 8.85 Å². The van der Waals surface area contributed by atoms with E-state index in [1.807, 2.05) is 18.2 Å². The van der Waals surface area contributed by atoms with Crippen LogP contribution in [0.4, 0.5) is 0 Å². The average molecular weight is 211 g/mol. The zero-order valence-corrected chi connectivity index (χ0v) is 9.85. The molecule has 0 aliphatic heterocycles. The van der Waals surface area contributed by atoms with Crippen molar-refractivity contribution in [2.75, 3.05) is 20.4 Å². The molecule has 0 radical (unpaired) electrons. The number of benzene rings is 1. The van der Waals surface area contributed by atoms with Crippen molar-refractivity contribution in [2.24, 2.45) is 0 Å². The van der Waals surface area contributed by atoms with Gasteiger partial charge in [-0.05, 0) is 5.56 Å². The van der Waals surface area contributed by atoms with Crippen molar-refractivity contribution in [3.8, 4) is 0 Å². The molecule has 1 aromatic rings. The number of rotatable bonds is 6. The lowest BCUT2D eigenvalue weighted by molar-refractivity contribution is 0.275. The molecule has 0 spiro atoms. The van der Waals surface area contributed by atoms with Crippen LogP contribution in [0.2, 0.25) is 0 Å². The van der Waals surface area contributed by atoms with Crippen LogP contribution in [0.5, 0.6) is 0 Å². The van der Waals surface area contributed by atoms with Crippen molar-refractivity contribution in [3.63, 3.8) is 0 Å². The highest BCUT2D eigenvalue weighted by Gasteiger charge is 2.07. The van der Waals surface area contributed by atoms with E-state index in [-0.39, 0.29) is 0 Å². The maximum Gasteiger partial charge on any atom is 0.335 e. The van der Waals surface area contributed by atoms with Gasteiger partial charge in [0.25, 0.3) is 0 Å². The molecule has 14 heavy (non-hydrogen) atoms. The molecule has 1 aromatic carbocycles. The van der Waals surface area contributed by atoms with E-state index in [9.17, 15) is 0 Å². The summed E-state index contributed by atoms with van der Waals surface area (Å²) in [5.74, 6) is 0. The van der Waals surface area contributed by atoms with E-state index in [1.165, 1.54) is 5.56 Å². The molecule has 0 bridgehead atoms. The van der Waals surface area contributed by atoms with Gasteiger partial charge in [-0.15, -0.1) is 0 Å². The van der Waals surface area contributed by atoms with Gasteiger partial charge in [-0.3, -0.25) is 0 Å². The van der Waals surface area contributed by atoms with Crippen LogP contribution in [-0.2, 0) is 15.4 Å². The molecule has 0 unspecified atom stereocenters. The second-order valence-corrected chi connectivity index (χ2v) is 5.23. The predicted octanol–water partition coefficient (Wildman–Crippen LogP) is 0.829. The fourth-order valence-corrected chi connectivity index (χ4v) is 2.10. The normalized spacial score (nSPS) is 10.8. The maximum atomic E-state index is 5.19. The van der Waals surface area contributed by atoms with E-state index in [0.29, 0.717) is 0 Å². The summed E-state index contributed by atoms with van der Waals surface area (Å²) in [5, 5.41) is 3.32. The minimum absolute atomic E-state index is 0.835. The molecule has 0 aliphatic carbocycles. The molecule has 78 valence electrons. The van der Waals surface area contributed by atoms with Crippen molar-refractivity contribution >= 4 is 9.28 Å². The van der Waals surface area contributed by atoms with Crippen LogP contribution < -0.4 is 5.32 Å². The Morgan fingerprint density at radius 2 is 1.79 bits per heavy atom. The van der Waals surface area contributed by atoms with E-state index in [2.05, 4.69) is 17.4 Å². The molecule has 0 heterocycles. The van der Waals surface area contributed by atoms with Gasteiger partial charge < -0.3 is 14.2 Å². The van der Waals surface area contributed by atoms with Gasteiger partial charge in [0, 0.05) is 26.9 Å². The first-order valence-electron chi connectivity index (χ1n) is 4.67. The number of nitrogens with one attached hydrogen (secondary N) is 1. The number of hydrogen-bond donors (Lipinski definition) is 1. The van der Waals surface area contributed by atoms with Crippen molar-refractivity contribution in [1.29, 1.82) is 0 Å². The van der Waals surface area contributed by atoms with Crippen LogP contribution >= 0.6 is 0 Å². The largest absolute Gasteiger partial charge is 0.399 e. The summed E-state index contributed by atoms with van der Waals surface area (Å²) in [6.07, 6.45) is 0.835. The third-order valence-electron chi connectivity index (χ3n) is 2.01. The Balaban J connectivity index is 2.21. The lowest BCUT2D eigenvalue weighted by Crippen LogP contribution is -2.34. The first-order valence-corrected chi connectivity index (χ1v) is 6.43. The summed E-state index contributed by atoms with van der Waals surface area (Å²) in [7, 11) is 1.95. The Morgan fingerprint density at radius 1 is 1.14 bits per heavy atom. The zero-order valence-electron chi connectivity index (χ0n) is 8.69. The van der Waals surface area contributed by atoms with Gasteiger partial charge >= 0.3 is 9.28 Å². The van der Waals surface area contributed by atoms with E-state index in [0.717, 1.165) is 12.7 Å². The molecule has 0 amide bonds. The summed E-state index contributed by atoms with van der Waals surface area (Å²) >= 11 is 0. The van der Waals surface area contributed by atoms with Crippen LogP contribution in [0.25, 0.3) is 0 Å². The SMILES string of the molecule is CO[SiH](CNCc1ccccc1)OC. The predicted molar refractivity (Wildman–Crippen MR) is 59.3 cm³/mol. The van der Waals surface area contributed by atoms with Crippen LogP contribution in [0.15, 0.2) is 30.3 Å². The molecular weight excluding hydrogens is 194 g/mol. The molecule has 0 saturated heterocycles. The van der Waals surface area contributed by atoms with Gasteiger partial charge in [0.1, 0.15) is 0 Å². The molecule has 0 atom stereocenters. The standard InChI is InChI=1S/C10H17NO2Si/c1-12-14(13-2)9-11-8-10-6-4-3-5-7-10/h3-7,11,14H,8-9H2,1-2H3. The van der Waals surface area contributed by atoms with Gasteiger partial charge in [-0.2, -0.15) is 0 Å². The Kier molecular flexibility index (Phi) is 5.47. The van der Waals surface area contributed by atoms with Crippen LogP contribution in [-0.4, -0.2) is 29.7 Å². The third-order valence-corrected chi connectivity index (χ3v) is 3.68. The average Bonchev–Trinajstić information content (AvgIpc) is 2.26. The van der Waals surface area contributed by atoms with Gasteiger partial charge in [0.15, 0.2) is 0 Å². The Hall–Kier alpha value is -0.683. The molecule has 0 fully saturated rings. The van der Waals surface area contributed by atoms with Crippen molar-refractivity contribution in [1.82, 2.24) is 5.32 Å². The minimum atomic E-state index is -1.44. The van der Waals surface area contributed by atoms with Gasteiger partial charge in [0.2, 0.25) is 0 Å². The quantitative estimate of drug-likeness (QED) is 0.707. The second-order valence-electron chi connectivity index (χ2n) is 3.02. The molecule has 3 nitrogen and oxygen atoms in total. The maximum absolute atomic E-state index is 5.19. The Bertz CT molecular complexity index is 239. The highest BCUT2D eigenvalue weighted by Crippen LogP contribution is 1.96. The van der Waals surface area contributed by atoms with E-state index >= 15 is 0 Å². The fraction of sp³-hybridized carbons (Fsp3) is 0.400. The topological polar surface area (TPSA) is 30.5 Å². The third kappa shape index (κ3) is 4.02. The summed E-state index contributed by atoms with van der Waals surface area (Å²) in [6.45, 7) is 0.872. The molecule has 0 aromatic heterocycles. The fourth-order valence-electron chi connectivity index (χ4n) is 1.19. The monoisotopic (exact) mass is 211 g/mol. The molecule has 0 aliphatic rings. The van der Waals surface area contributed by atoms with Crippen LogP contribution in [0, 0.1) is 0 Å². The Morgan fingerprint density at radius 3 is 2.36 bits per heavy atom. The first kappa shape index (κ1) is 11.4. The second kappa shape index (κ2) is 6.72. The molecule has 4 heteroatoms. The highest BCUT2D eigenvalue weighted by atomic mass is 28.3. The molecular formula is C10H17NO2Si. The molecule has 1 N–H and O–H groups in total. The van der Waals surface area contributed by atoms with Gasteiger partial charge in [0.05, 0.1) is 0 Å². The van der Waals surface area contributed by atoms with E-state index in [4.69, 9.17) is 8.85 Å². The van der Waals surface area contributed by atoms with E-state index < -0.39 is 9.28 Å². The lowest BCUT2D eigenvalue weighted by Gasteiger charge is -2.11. The van der Waals surface area contributed by atoms with Crippen molar-refractivity contribution in [3.05, 3.63) is 35.9 Å². The van der Waals surface area contributed by atoms with Crippen LogP contribution in [0.1, 0.15) is 5.56 Å². The first-order chi connectivity index (χ1) is 6.86. The summed E-state index contributed by atoms with van der Waals surface area (Å²) in [5.41, 5.74) is 1.28. The summed E-state index contributed by atoms with van der Waals surface area (Å²) in [4.78, 5) is 0. The summed E-state index contributed by atoms with van der Waals surface area (Å²) < 4.78 is 10.4. The molecule has 1 rings (SSSR count). The molecule has 0 saturated carbocycles. The van der Waals surface area contributed by atoms with Crippen molar-refractivity contribution in [2.45, 2.75) is 6.54 Å². The summed E-state index contributed by atoms with van der Waals surface area (Å²) in [6, 6.07) is 10.3. The van der Waals surface area contributed by atoms with Crippen LogP contribution in [0.3, 0.4) is 0 Å². The van der Waals surface area contributed by atoms with Gasteiger partial charge in [-0.1, -0.05) is 30.3 Å². The highest BCUT2D eigenvalue weighted by molar-refractivity contribution is 6.44. The lowest BCUT2D eigenvalue weighted by atomic mass is 10.2. The number of hydrogen-bond acceptors (Lipinski definition) is 3. The smallest absolute Gasteiger partial charge is 0.335 e. The zero-order chi connectivity index (χ0) is 10.2. The Labute approximate surface area is 86.9 Å². The van der Waals surface area contributed by atoms with Gasteiger partial charge in [-0.25, -0.2) is 0 Å².